The molecule has 0 spiro atoms. The number of halogens is 1. The molecule has 1 aliphatic rings. The third-order valence-corrected chi connectivity index (χ3v) is 4.47. The minimum Gasteiger partial charge on any atom is -0.497 e. The number of benzene rings is 1. The fourth-order valence-electron chi connectivity index (χ4n) is 2.67. The number of aliphatic imine (C=N–C) groups is 1. The molecule has 0 unspecified atom stereocenters. The molecule has 5 nitrogen and oxygen atoms in total. The Morgan fingerprint density at radius 1 is 1.36 bits per heavy atom. The molecule has 4 rings (SSSR count). The number of fused-ring (bicyclic) bond motifs is 3. The van der Waals surface area contributed by atoms with Gasteiger partial charge in [-0.15, -0.1) is 0 Å². The smallest absolute Gasteiger partial charge is 0.213 e. The fourth-order valence-corrected chi connectivity index (χ4v) is 3.43. The van der Waals surface area contributed by atoms with E-state index in [-0.39, 0.29) is 5.82 Å². The van der Waals surface area contributed by atoms with Gasteiger partial charge in [0.15, 0.2) is 0 Å². The summed E-state index contributed by atoms with van der Waals surface area (Å²) >= 11 is 1.53. The predicted molar refractivity (Wildman–Crippen MR) is 82.8 cm³/mol. The highest BCUT2D eigenvalue weighted by molar-refractivity contribution is 7.16. The molecule has 3 aromatic rings. The van der Waals surface area contributed by atoms with Gasteiger partial charge in [-0.2, -0.15) is 5.10 Å². The Morgan fingerprint density at radius 3 is 3.00 bits per heavy atom. The van der Waals surface area contributed by atoms with E-state index < -0.39 is 0 Å². The summed E-state index contributed by atoms with van der Waals surface area (Å²) in [4.78, 5) is 9.96. The summed E-state index contributed by atoms with van der Waals surface area (Å²) in [5, 5.41) is 5.39. The Morgan fingerprint density at radius 2 is 2.23 bits per heavy atom. The molecule has 0 atom stereocenters. The number of nitrogens with zero attached hydrogens (tertiary/aromatic N) is 4. The fraction of sp³-hybridized carbons (Fsp3) is 0.267. The molecule has 0 fully saturated rings. The van der Waals surface area contributed by atoms with Crippen LogP contribution in [0.5, 0.6) is 5.75 Å². The van der Waals surface area contributed by atoms with Crippen molar-refractivity contribution in [2.24, 2.45) is 4.99 Å². The molecule has 0 bridgehead atoms. The van der Waals surface area contributed by atoms with Gasteiger partial charge >= 0.3 is 0 Å². The molecule has 112 valence electrons. The van der Waals surface area contributed by atoms with Gasteiger partial charge in [-0.25, -0.2) is 13.9 Å². The van der Waals surface area contributed by atoms with Gasteiger partial charge in [0.2, 0.25) is 4.96 Å². The van der Waals surface area contributed by atoms with Crippen molar-refractivity contribution in [2.45, 2.75) is 13.3 Å². The van der Waals surface area contributed by atoms with Gasteiger partial charge in [0.05, 0.1) is 18.5 Å². The monoisotopic (exact) mass is 316 g/mol. The molecule has 22 heavy (non-hydrogen) atoms. The Balaban J connectivity index is 1.92. The lowest BCUT2D eigenvalue weighted by atomic mass is 10.0. The van der Waals surface area contributed by atoms with Gasteiger partial charge in [0.1, 0.15) is 22.3 Å². The van der Waals surface area contributed by atoms with E-state index in [4.69, 9.17) is 4.74 Å². The van der Waals surface area contributed by atoms with Crippen LogP contribution in [-0.2, 0) is 6.42 Å². The Kier molecular flexibility index (Phi) is 2.97. The van der Waals surface area contributed by atoms with Crippen LogP contribution >= 0.6 is 11.3 Å². The molecule has 1 aliphatic heterocycles. The lowest BCUT2D eigenvalue weighted by Gasteiger charge is -2.13. The lowest BCUT2D eigenvalue weighted by Crippen LogP contribution is -2.17. The number of hydrogen-bond donors (Lipinski definition) is 0. The molecular formula is C15H13FN4OS. The first kappa shape index (κ1) is 13.4. The number of aromatic nitrogens is 3. The number of methoxy groups -OCH3 is 1. The summed E-state index contributed by atoms with van der Waals surface area (Å²) in [6, 6.07) is 4.80. The second kappa shape index (κ2) is 4.88. The number of ether oxygens (including phenoxy) is 1. The largest absolute Gasteiger partial charge is 0.497 e. The van der Waals surface area contributed by atoms with E-state index in [9.17, 15) is 4.39 Å². The van der Waals surface area contributed by atoms with Gasteiger partial charge in [-0.05, 0) is 19.1 Å². The number of rotatable bonds is 2. The van der Waals surface area contributed by atoms with Crippen molar-refractivity contribution in [1.82, 2.24) is 14.6 Å². The highest BCUT2D eigenvalue weighted by atomic mass is 32.1. The highest BCUT2D eigenvalue weighted by Gasteiger charge is 2.26. The molecule has 0 amide bonds. The van der Waals surface area contributed by atoms with E-state index in [1.165, 1.54) is 24.5 Å². The van der Waals surface area contributed by atoms with Crippen LogP contribution in [0.2, 0.25) is 0 Å². The zero-order valence-corrected chi connectivity index (χ0v) is 12.9. The minimum atomic E-state index is -0.354. The van der Waals surface area contributed by atoms with Gasteiger partial charge in [-0.3, -0.25) is 4.99 Å². The summed E-state index contributed by atoms with van der Waals surface area (Å²) in [5.41, 5.74) is 2.79. The molecule has 0 N–H and O–H groups in total. The number of aryl methyl sites for hydroxylation is 1. The van der Waals surface area contributed by atoms with Crippen molar-refractivity contribution in [1.29, 1.82) is 0 Å². The SMILES string of the molecule is COc1ccc(C2=NCCc3nc4sc(C)nn4c32)c(F)c1. The van der Waals surface area contributed by atoms with Crippen LogP contribution in [0.1, 0.15) is 22.0 Å². The van der Waals surface area contributed by atoms with Crippen LogP contribution in [0.25, 0.3) is 4.96 Å². The van der Waals surface area contributed by atoms with E-state index in [0.717, 1.165) is 27.8 Å². The van der Waals surface area contributed by atoms with E-state index in [1.807, 2.05) is 6.92 Å². The predicted octanol–water partition coefficient (Wildman–Crippen LogP) is 2.64. The normalized spacial score (nSPS) is 14.0. The minimum absolute atomic E-state index is 0.354. The molecule has 1 aromatic carbocycles. The maximum atomic E-state index is 14.4. The first-order valence-corrected chi connectivity index (χ1v) is 7.73. The maximum Gasteiger partial charge on any atom is 0.213 e. The summed E-state index contributed by atoms with van der Waals surface area (Å²) in [6.07, 6.45) is 0.756. The van der Waals surface area contributed by atoms with Crippen molar-refractivity contribution < 1.29 is 9.13 Å². The quantitative estimate of drug-likeness (QED) is 0.730. The van der Waals surface area contributed by atoms with E-state index in [0.29, 0.717) is 23.6 Å². The molecule has 0 saturated heterocycles. The van der Waals surface area contributed by atoms with Crippen molar-refractivity contribution in [2.75, 3.05) is 13.7 Å². The molecule has 0 radical (unpaired) electrons. The highest BCUT2D eigenvalue weighted by Crippen LogP contribution is 2.27. The summed E-state index contributed by atoms with van der Waals surface area (Å²) < 4.78 is 21.3. The Hall–Kier alpha value is -2.28. The molecule has 0 saturated carbocycles. The maximum absolute atomic E-state index is 14.4. The summed E-state index contributed by atoms with van der Waals surface area (Å²) in [5.74, 6) is 0.133. The zero-order chi connectivity index (χ0) is 15.3. The standard InChI is InChI=1S/C15H13FN4OS/c1-8-19-20-14-12(18-15(20)22-8)5-6-17-13(14)10-4-3-9(21-2)7-11(10)16/h3-4,7H,5-6H2,1-2H3. The second-order valence-corrected chi connectivity index (χ2v) is 6.21. The van der Waals surface area contributed by atoms with Crippen LogP contribution in [0, 0.1) is 12.7 Å². The van der Waals surface area contributed by atoms with Crippen molar-refractivity contribution in [3.8, 4) is 5.75 Å². The molecule has 3 heterocycles. The molecular weight excluding hydrogens is 303 g/mol. The van der Waals surface area contributed by atoms with Crippen LogP contribution in [0.4, 0.5) is 4.39 Å². The molecule has 7 heteroatoms. The Labute approximate surface area is 130 Å². The lowest BCUT2D eigenvalue weighted by molar-refractivity contribution is 0.411. The van der Waals surface area contributed by atoms with Crippen LogP contribution in [-0.4, -0.2) is 34.0 Å². The topological polar surface area (TPSA) is 51.8 Å². The van der Waals surface area contributed by atoms with Crippen molar-refractivity contribution >= 4 is 22.0 Å². The van der Waals surface area contributed by atoms with Crippen molar-refractivity contribution in [3.05, 3.63) is 46.0 Å². The number of hydrogen-bond acceptors (Lipinski definition) is 5. The summed E-state index contributed by atoms with van der Waals surface area (Å²) in [7, 11) is 1.52. The van der Waals surface area contributed by atoms with Crippen LogP contribution in [0.3, 0.4) is 0 Å². The van der Waals surface area contributed by atoms with E-state index in [1.54, 1.807) is 16.6 Å². The van der Waals surface area contributed by atoms with Gasteiger partial charge in [-0.1, -0.05) is 11.3 Å². The zero-order valence-electron chi connectivity index (χ0n) is 12.1. The van der Waals surface area contributed by atoms with Gasteiger partial charge in [0, 0.05) is 24.6 Å². The number of imidazole rings is 1. The second-order valence-electron chi connectivity index (χ2n) is 5.05. The van der Waals surface area contributed by atoms with E-state index in [2.05, 4.69) is 15.1 Å². The van der Waals surface area contributed by atoms with Gasteiger partial charge < -0.3 is 4.74 Å². The first-order chi connectivity index (χ1) is 10.7. The Bertz CT molecular complexity index is 912. The molecule has 0 aliphatic carbocycles. The average Bonchev–Trinajstić information content (AvgIpc) is 3.02. The first-order valence-electron chi connectivity index (χ1n) is 6.91. The third kappa shape index (κ3) is 1.93. The summed E-state index contributed by atoms with van der Waals surface area (Å²) in [6.45, 7) is 2.54. The van der Waals surface area contributed by atoms with Crippen LogP contribution in [0.15, 0.2) is 23.2 Å². The van der Waals surface area contributed by atoms with Crippen molar-refractivity contribution in [3.63, 3.8) is 0 Å². The van der Waals surface area contributed by atoms with Crippen LogP contribution < -0.4 is 4.74 Å². The molecule has 2 aromatic heterocycles. The van der Waals surface area contributed by atoms with Gasteiger partial charge in [0.25, 0.3) is 0 Å². The van der Waals surface area contributed by atoms with E-state index >= 15 is 0 Å². The third-order valence-electron chi connectivity index (χ3n) is 3.65. The average molecular weight is 316 g/mol.